The Labute approximate surface area is 236 Å². The number of piperazine rings is 1. The zero-order valence-corrected chi connectivity index (χ0v) is 23.2. The molecule has 210 valence electrons. The number of nitrogens with one attached hydrogen (secondary N) is 3. The van der Waals surface area contributed by atoms with Crippen molar-refractivity contribution in [1.29, 1.82) is 0 Å². The molecule has 1 fully saturated rings. The summed E-state index contributed by atoms with van der Waals surface area (Å²) in [5.74, 6) is -0.368. The number of sulfone groups is 1. The van der Waals surface area contributed by atoms with Gasteiger partial charge in [-0.05, 0) is 36.1 Å². The summed E-state index contributed by atoms with van der Waals surface area (Å²) in [6, 6.07) is 25.8. The van der Waals surface area contributed by atoms with Crippen LogP contribution in [0.25, 0.3) is 0 Å². The molecule has 3 aromatic rings. The third-order valence-electron chi connectivity index (χ3n) is 6.78. The van der Waals surface area contributed by atoms with Crippen molar-refractivity contribution in [3.05, 3.63) is 114 Å². The number of urea groups is 1. The first-order valence-electron chi connectivity index (χ1n) is 13.5. The van der Waals surface area contributed by atoms with Crippen LogP contribution in [0.2, 0.25) is 0 Å². The number of rotatable bonds is 11. The zero-order chi connectivity index (χ0) is 28.2. The monoisotopic (exact) mass is 560 g/mol. The Morgan fingerprint density at radius 3 is 2.02 bits per heavy atom. The molecule has 0 aromatic heterocycles. The normalized spacial score (nSPS) is 15.3. The Kier molecular flexibility index (Phi) is 10.5. The van der Waals surface area contributed by atoms with Gasteiger partial charge < -0.3 is 20.9 Å². The molecule has 0 spiro atoms. The fourth-order valence-electron chi connectivity index (χ4n) is 4.52. The van der Waals surface area contributed by atoms with Crippen molar-refractivity contribution in [3.8, 4) is 0 Å². The fraction of sp³-hybridized carbons (Fsp3) is 0.290. The minimum absolute atomic E-state index is 0.185. The van der Waals surface area contributed by atoms with Gasteiger partial charge in [0.2, 0.25) is 5.91 Å². The van der Waals surface area contributed by atoms with E-state index in [-0.39, 0.29) is 16.8 Å². The van der Waals surface area contributed by atoms with Crippen LogP contribution in [-0.2, 0) is 27.5 Å². The van der Waals surface area contributed by atoms with Crippen LogP contribution in [0, 0.1) is 0 Å². The topological polar surface area (TPSA) is 108 Å². The number of carbonyl (C=O) groups is 2. The minimum atomic E-state index is -3.69. The summed E-state index contributed by atoms with van der Waals surface area (Å²) in [6.07, 6.45) is 2.96. The van der Waals surface area contributed by atoms with E-state index in [0.29, 0.717) is 45.4 Å². The summed E-state index contributed by atoms with van der Waals surface area (Å²) in [5, 5.41) is 10.3. The average molecular weight is 561 g/mol. The first-order valence-corrected chi connectivity index (χ1v) is 15.1. The fourth-order valence-corrected chi connectivity index (χ4v) is 5.61. The summed E-state index contributed by atoms with van der Waals surface area (Å²) < 4.78 is 25.9. The van der Waals surface area contributed by atoms with E-state index in [9.17, 15) is 18.0 Å². The highest BCUT2D eigenvalue weighted by Crippen LogP contribution is 2.14. The molecular weight excluding hydrogens is 524 g/mol. The third kappa shape index (κ3) is 8.79. The molecule has 8 nitrogen and oxygen atoms in total. The molecule has 3 N–H and O–H groups in total. The number of aryl methyl sites for hydroxylation is 1. The number of amides is 3. The van der Waals surface area contributed by atoms with Crippen molar-refractivity contribution in [2.75, 3.05) is 26.2 Å². The Morgan fingerprint density at radius 2 is 1.40 bits per heavy atom. The molecule has 3 aromatic carbocycles. The van der Waals surface area contributed by atoms with Gasteiger partial charge in [-0.15, -0.1) is 0 Å². The summed E-state index contributed by atoms with van der Waals surface area (Å²) in [4.78, 5) is 28.5. The van der Waals surface area contributed by atoms with E-state index in [1.165, 1.54) is 6.08 Å². The Morgan fingerprint density at radius 1 is 0.825 bits per heavy atom. The summed E-state index contributed by atoms with van der Waals surface area (Å²) in [6.45, 7) is 2.52. The number of nitrogens with zero attached hydrogens (tertiary/aromatic N) is 1. The van der Waals surface area contributed by atoms with Gasteiger partial charge in [0.25, 0.3) is 0 Å². The van der Waals surface area contributed by atoms with Gasteiger partial charge >= 0.3 is 6.03 Å². The molecule has 0 radical (unpaired) electrons. The molecule has 2 atom stereocenters. The summed E-state index contributed by atoms with van der Waals surface area (Å²) >= 11 is 0. The number of benzene rings is 3. The molecule has 1 aliphatic heterocycles. The Balaban J connectivity index is 1.53. The van der Waals surface area contributed by atoms with E-state index >= 15 is 0 Å². The first-order chi connectivity index (χ1) is 19.4. The van der Waals surface area contributed by atoms with Crippen LogP contribution in [0.3, 0.4) is 0 Å². The minimum Gasteiger partial charge on any atom is -0.348 e. The van der Waals surface area contributed by atoms with E-state index in [4.69, 9.17) is 0 Å². The molecule has 9 heteroatoms. The molecule has 0 aliphatic carbocycles. The second kappa shape index (κ2) is 14.4. The smallest absolute Gasteiger partial charge is 0.318 e. The molecule has 3 amide bonds. The lowest BCUT2D eigenvalue weighted by Crippen LogP contribution is -2.56. The second-order valence-electron chi connectivity index (χ2n) is 9.75. The van der Waals surface area contributed by atoms with Crippen LogP contribution in [-0.4, -0.2) is 63.5 Å². The zero-order valence-electron chi connectivity index (χ0n) is 22.4. The Bertz CT molecular complexity index is 1360. The van der Waals surface area contributed by atoms with Gasteiger partial charge in [-0.25, -0.2) is 13.2 Å². The van der Waals surface area contributed by atoms with Gasteiger partial charge in [0.05, 0.1) is 4.90 Å². The molecule has 4 rings (SSSR count). The van der Waals surface area contributed by atoms with Crippen LogP contribution in [0.4, 0.5) is 4.79 Å². The molecule has 1 saturated heterocycles. The predicted octanol–water partition coefficient (Wildman–Crippen LogP) is 3.32. The van der Waals surface area contributed by atoms with Crippen molar-refractivity contribution in [2.24, 2.45) is 0 Å². The van der Waals surface area contributed by atoms with Crippen LogP contribution < -0.4 is 16.0 Å². The van der Waals surface area contributed by atoms with Crippen molar-refractivity contribution in [3.63, 3.8) is 0 Å². The highest BCUT2D eigenvalue weighted by Gasteiger charge is 2.26. The lowest BCUT2D eigenvalue weighted by atomic mass is 10.0. The van der Waals surface area contributed by atoms with Gasteiger partial charge in [-0.3, -0.25) is 4.79 Å². The lowest BCUT2D eigenvalue weighted by Gasteiger charge is -2.30. The van der Waals surface area contributed by atoms with Gasteiger partial charge in [0.1, 0.15) is 6.04 Å². The Hall–Kier alpha value is -3.95. The number of hydrogen-bond donors (Lipinski definition) is 3. The average Bonchev–Trinajstić information content (AvgIpc) is 3.00. The largest absolute Gasteiger partial charge is 0.348 e. The van der Waals surface area contributed by atoms with Crippen LogP contribution >= 0.6 is 0 Å². The van der Waals surface area contributed by atoms with E-state index < -0.39 is 21.9 Å². The van der Waals surface area contributed by atoms with Gasteiger partial charge in [0.15, 0.2) is 9.84 Å². The van der Waals surface area contributed by atoms with E-state index in [2.05, 4.69) is 16.0 Å². The van der Waals surface area contributed by atoms with Crippen LogP contribution in [0.15, 0.2) is 107 Å². The molecule has 0 saturated carbocycles. The first kappa shape index (κ1) is 29.0. The van der Waals surface area contributed by atoms with Gasteiger partial charge in [-0.2, -0.15) is 0 Å². The third-order valence-corrected chi connectivity index (χ3v) is 8.22. The molecule has 40 heavy (non-hydrogen) atoms. The lowest BCUT2D eigenvalue weighted by molar-refractivity contribution is -0.123. The van der Waals surface area contributed by atoms with Gasteiger partial charge in [0, 0.05) is 44.0 Å². The maximum atomic E-state index is 13.6. The standard InChI is InChI=1S/C31H36N4O4S/c36-30(29(24-26-12-6-2-7-13-26)34-31(37)35-21-19-32-20-22-35)33-27(17-16-25-10-4-1-5-11-25)18-23-40(38,39)28-14-8-3-9-15-28/h1-15,18,23,27,29,32H,16-17,19-22,24H2,(H,33,36)(H,34,37)/b23-18+. The molecule has 1 aliphatic rings. The number of hydrogen-bond acceptors (Lipinski definition) is 5. The van der Waals surface area contributed by atoms with Crippen molar-refractivity contribution >= 4 is 21.8 Å². The molecular formula is C31H36N4O4S. The van der Waals surface area contributed by atoms with E-state index in [1.54, 1.807) is 35.2 Å². The quantitative estimate of drug-likeness (QED) is 0.334. The van der Waals surface area contributed by atoms with Crippen LogP contribution in [0.5, 0.6) is 0 Å². The summed E-state index contributed by atoms with van der Waals surface area (Å²) in [7, 11) is -3.69. The molecule has 0 bridgehead atoms. The maximum Gasteiger partial charge on any atom is 0.318 e. The van der Waals surface area contributed by atoms with Gasteiger partial charge in [-0.1, -0.05) is 84.9 Å². The maximum absolute atomic E-state index is 13.6. The second-order valence-corrected chi connectivity index (χ2v) is 11.6. The SMILES string of the molecule is O=C(NC(/C=C/S(=O)(=O)c1ccccc1)CCc1ccccc1)C(Cc1ccccc1)NC(=O)N1CCNCC1. The van der Waals surface area contributed by atoms with E-state index in [1.807, 2.05) is 60.7 Å². The van der Waals surface area contributed by atoms with Crippen molar-refractivity contribution in [2.45, 2.75) is 36.2 Å². The molecule has 2 unspecified atom stereocenters. The number of carbonyl (C=O) groups excluding carboxylic acids is 2. The van der Waals surface area contributed by atoms with Crippen molar-refractivity contribution < 1.29 is 18.0 Å². The van der Waals surface area contributed by atoms with Crippen molar-refractivity contribution in [1.82, 2.24) is 20.9 Å². The summed E-state index contributed by atoms with van der Waals surface area (Å²) in [5.41, 5.74) is 1.99. The van der Waals surface area contributed by atoms with E-state index in [0.717, 1.165) is 16.5 Å². The van der Waals surface area contributed by atoms with Crippen LogP contribution in [0.1, 0.15) is 17.5 Å². The predicted molar refractivity (Wildman–Crippen MR) is 156 cm³/mol. The highest BCUT2D eigenvalue weighted by atomic mass is 32.2. The highest BCUT2D eigenvalue weighted by molar-refractivity contribution is 7.94. The molecule has 1 heterocycles.